The lowest BCUT2D eigenvalue weighted by molar-refractivity contribution is -0.141. The lowest BCUT2D eigenvalue weighted by Crippen LogP contribution is -2.48. The van der Waals surface area contributed by atoms with Gasteiger partial charge in [-0.05, 0) is 48.9 Å². The SMILES string of the molecule is Cc1ccc(C(C(=O)NC2CCCC2)N(Cc2cccs2)C(=O)CNC(=O)c2ccco2)cc1. The fourth-order valence-electron chi connectivity index (χ4n) is 4.22. The van der Waals surface area contributed by atoms with E-state index in [4.69, 9.17) is 4.42 Å². The van der Waals surface area contributed by atoms with Crippen molar-refractivity contribution in [3.05, 3.63) is 81.9 Å². The van der Waals surface area contributed by atoms with E-state index in [0.717, 1.165) is 41.7 Å². The lowest BCUT2D eigenvalue weighted by Gasteiger charge is -2.32. The molecule has 1 atom stereocenters. The van der Waals surface area contributed by atoms with Crippen LogP contribution in [0.1, 0.15) is 58.3 Å². The minimum atomic E-state index is -0.809. The van der Waals surface area contributed by atoms with E-state index in [2.05, 4.69) is 10.6 Å². The summed E-state index contributed by atoms with van der Waals surface area (Å²) in [5.41, 5.74) is 1.81. The highest BCUT2D eigenvalue weighted by atomic mass is 32.1. The molecule has 7 nitrogen and oxygen atoms in total. The van der Waals surface area contributed by atoms with Gasteiger partial charge in [-0.1, -0.05) is 48.7 Å². The van der Waals surface area contributed by atoms with E-state index in [0.29, 0.717) is 0 Å². The van der Waals surface area contributed by atoms with E-state index in [1.54, 1.807) is 11.0 Å². The van der Waals surface area contributed by atoms with E-state index >= 15 is 0 Å². The zero-order valence-corrected chi connectivity index (χ0v) is 20.0. The van der Waals surface area contributed by atoms with Crippen LogP contribution in [0.4, 0.5) is 0 Å². The minimum Gasteiger partial charge on any atom is -0.459 e. The topological polar surface area (TPSA) is 91.7 Å². The molecule has 1 aromatic carbocycles. The van der Waals surface area contributed by atoms with Crippen LogP contribution in [0.3, 0.4) is 0 Å². The zero-order valence-electron chi connectivity index (χ0n) is 19.2. The molecule has 1 fully saturated rings. The first-order valence-electron chi connectivity index (χ1n) is 11.5. The zero-order chi connectivity index (χ0) is 23.9. The predicted molar refractivity (Wildman–Crippen MR) is 130 cm³/mol. The number of furan rings is 1. The van der Waals surface area contributed by atoms with Crippen molar-refractivity contribution >= 4 is 29.1 Å². The first-order chi connectivity index (χ1) is 16.5. The number of aryl methyl sites for hydroxylation is 1. The molecule has 8 heteroatoms. The number of carbonyl (C=O) groups excluding carboxylic acids is 3. The molecule has 0 aliphatic heterocycles. The van der Waals surface area contributed by atoms with Crippen molar-refractivity contribution in [1.29, 1.82) is 0 Å². The molecule has 2 heterocycles. The van der Waals surface area contributed by atoms with Crippen LogP contribution in [0.5, 0.6) is 0 Å². The first-order valence-corrected chi connectivity index (χ1v) is 12.4. The Hall–Kier alpha value is -3.39. The van der Waals surface area contributed by atoms with E-state index < -0.39 is 11.9 Å². The highest BCUT2D eigenvalue weighted by molar-refractivity contribution is 7.09. The monoisotopic (exact) mass is 479 g/mol. The standard InChI is InChI=1S/C26H29N3O4S/c1-18-10-12-19(13-11-18)24(26(32)28-20-6-2-3-7-20)29(17-21-8-5-15-34-21)23(30)16-27-25(31)22-9-4-14-33-22/h4-5,8-15,20,24H,2-3,6-7,16-17H2,1H3,(H,27,31)(H,28,32). The Labute approximate surface area is 203 Å². The van der Waals surface area contributed by atoms with Crippen molar-refractivity contribution in [2.45, 2.75) is 51.2 Å². The predicted octanol–water partition coefficient (Wildman–Crippen LogP) is 4.21. The summed E-state index contributed by atoms with van der Waals surface area (Å²) in [6.07, 6.45) is 5.49. The van der Waals surface area contributed by atoms with Crippen molar-refractivity contribution < 1.29 is 18.8 Å². The third-order valence-corrected chi connectivity index (χ3v) is 6.89. The highest BCUT2D eigenvalue weighted by Gasteiger charge is 2.33. The Morgan fingerprint density at radius 2 is 1.85 bits per heavy atom. The summed E-state index contributed by atoms with van der Waals surface area (Å²) in [5.74, 6) is -0.887. The second kappa shape index (κ2) is 11.2. The molecule has 0 bridgehead atoms. The fraction of sp³-hybridized carbons (Fsp3) is 0.346. The third kappa shape index (κ3) is 5.94. The summed E-state index contributed by atoms with van der Waals surface area (Å²) >= 11 is 1.52. The van der Waals surface area contributed by atoms with Crippen LogP contribution >= 0.6 is 11.3 Å². The number of hydrogen-bond acceptors (Lipinski definition) is 5. The van der Waals surface area contributed by atoms with Crippen LogP contribution in [-0.4, -0.2) is 35.2 Å². The summed E-state index contributed by atoms with van der Waals surface area (Å²) < 4.78 is 5.11. The summed E-state index contributed by atoms with van der Waals surface area (Å²) in [6.45, 7) is 2.00. The van der Waals surface area contributed by atoms with Crippen molar-refractivity contribution in [1.82, 2.24) is 15.5 Å². The van der Waals surface area contributed by atoms with Crippen LogP contribution in [0.15, 0.2) is 64.6 Å². The average molecular weight is 480 g/mol. The second-order valence-electron chi connectivity index (χ2n) is 8.56. The van der Waals surface area contributed by atoms with E-state index in [1.807, 2.05) is 48.7 Å². The molecule has 2 aromatic heterocycles. The summed E-state index contributed by atoms with van der Waals surface area (Å²) in [6, 6.07) is 14.0. The van der Waals surface area contributed by atoms with Gasteiger partial charge in [0.1, 0.15) is 6.04 Å². The molecule has 0 spiro atoms. The summed E-state index contributed by atoms with van der Waals surface area (Å²) in [4.78, 5) is 41.9. The number of nitrogens with zero attached hydrogens (tertiary/aromatic N) is 1. The van der Waals surface area contributed by atoms with Crippen molar-refractivity contribution in [3.8, 4) is 0 Å². The fourth-order valence-corrected chi connectivity index (χ4v) is 4.92. The molecular formula is C26H29N3O4S. The number of amides is 3. The molecule has 178 valence electrons. The molecule has 0 radical (unpaired) electrons. The molecule has 3 amide bonds. The third-order valence-electron chi connectivity index (χ3n) is 6.03. The summed E-state index contributed by atoms with van der Waals surface area (Å²) in [5, 5.41) is 7.72. The van der Waals surface area contributed by atoms with Crippen LogP contribution in [-0.2, 0) is 16.1 Å². The van der Waals surface area contributed by atoms with Crippen LogP contribution in [0.2, 0.25) is 0 Å². The second-order valence-corrected chi connectivity index (χ2v) is 9.60. The van der Waals surface area contributed by atoms with Gasteiger partial charge in [0.05, 0.1) is 19.4 Å². The van der Waals surface area contributed by atoms with Gasteiger partial charge in [-0.3, -0.25) is 14.4 Å². The molecule has 1 unspecified atom stereocenters. The van der Waals surface area contributed by atoms with Gasteiger partial charge in [0.25, 0.3) is 5.91 Å². The van der Waals surface area contributed by atoms with Gasteiger partial charge in [-0.15, -0.1) is 11.3 Å². The van der Waals surface area contributed by atoms with Gasteiger partial charge in [-0.2, -0.15) is 0 Å². The molecule has 0 saturated heterocycles. The molecule has 2 N–H and O–H groups in total. The van der Waals surface area contributed by atoms with Gasteiger partial charge >= 0.3 is 0 Å². The smallest absolute Gasteiger partial charge is 0.287 e. The number of nitrogens with one attached hydrogen (secondary N) is 2. The molecule has 1 aliphatic rings. The van der Waals surface area contributed by atoms with Crippen LogP contribution in [0, 0.1) is 6.92 Å². The van der Waals surface area contributed by atoms with Crippen molar-refractivity contribution in [2.24, 2.45) is 0 Å². The van der Waals surface area contributed by atoms with E-state index in [9.17, 15) is 14.4 Å². The van der Waals surface area contributed by atoms with E-state index in [-0.39, 0.29) is 36.7 Å². The first kappa shape index (κ1) is 23.8. The number of thiophene rings is 1. The molecule has 1 saturated carbocycles. The normalized spacial score (nSPS) is 14.5. The number of rotatable bonds is 9. The molecular weight excluding hydrogens is 450 g/mol. The van der Waals surface area contributed by atoms with Gasteiger partial charge < -0.3 is 20.0 Å². The number of hydrogen-bond donors (Lipinski definition) is 2. The highest BCUT2D eigenvalue weighted by Crippen LogP contribution is 2.27. The Morgan fingerprint density at radius 3 is 2.50 bits per heavy atom. The number of benzene rings is 1. The van der Waals surface area contributed by atoms with Crippen LogP contribution < -0.4 is 10.6 Å². The summed E-state index contributed by atoms with van der Waals surface area (Å²) in [7, 11) is 0. The van der Waals surface area contributed by atoms with Gasteiger partial charge in [0.2, 0.25) is 11.8 Å². The van der Waals surface area contributed by atoms with Crippen LogP contribution in [0.25, 0.3) is 0 Å². The maximum atomic E-state index is 13.6. The number of carbonyl (C=O) groups is 3. The Kier molecular flexibility index (Phi) is 7.80. The van der Waals surface area contributed by atoms with Gasteiger partial charge in [0, 0.05) is 10.9 Å². The molecule has 34 heavy (non-hydrogen) atoms. The Morgan fingerprint density at radius 1 is 1.09 bits per heavy atom. The maximum absolute atomic E-state index is 13.6. The average Bonchev–Trinajstić information content (AvgIpc) is 3.62. The lowest BCUT2D eigenvalue weighted by atomic mass is 10.0. The minimum absolute atomic E-state index is 0.123. The quantitative estimate of drug-likeness (QED) is 0.481. The van der Waals surface area contributed by atoms with Crippen molar-refractivity contribution in [3.63, 3.8) is 0 Å². The van der Waals surface area contributed by atoms with Gasteiger partial charge in [0.15, 0.2) is 5.76 Å². The Bertz CT molecular complexity index is 1090. The molecule has 1 aliphatic carbocycles. The maximum Gasteiger partial charge on any atom is 0.287 e. The molecule has 4 rings (SSSR count). The van der Waals surface area contributed by atoms with Crippen molar-refractivity contribution in [2.75, 3.05) is 6.54 Å². The largest absolute Gasteiger partial charge is 0.459 e. The van der Waals surface area contributed by atoms with E-state index in [1.165, 1.54) is 23.7 Å². The molecule has 3 aromatic rings. The van der Waals surface area contributed by atoms with Gasteiger partial charge in [-0.25, -0.2) is 0 Å². The Balaban J connectivity index is 1.60.